The number of hydrogen-bond acceptors (Lipinski definition) is 7. The Morgan fingerprint density at radius 2 is 1.67 bits per heavy atom. The Labute approximate surface area is 175 Å². The molecule has 0 spiro atoms. The van der Waals surface area contributed by atoms with Gasteiger partial charge in [0.05, 0.1) is 25.5 Å². The fourth-order valence-corrected chi connectivity index (χ4v) is 2.88. The fraction of sp³-hybridized carbons (Fsp3) is 0.333. The van der Waals surface area contributed by atoms with E-state index in [0.29, 0.717) is 48.3 Å². The van der Waals surface area contributed by atoms with E-state index in [9.17, 15) is 4.79 Å². The maximum absolute atomic E-state index is 13.0. The van der Waals surface area contributed by atoms with Gasteiger partial charge in [0.25, 0.3) is 5.91 Å². The lowest BCUT2D eigenvalue weighted by Gasteiger charge is -2.17. The molecule has 3 aromatic rings. The van der Waals surface area contributed by atoms with E-state index >= 15 is 0 Å². The number of carbonyl (C=O) groups is 1. The van der Waals surface area contributed by atoms with Gasteiger partial charge in [-0.05, 0) is 68.0 Å². The van der Waals surface area contributed by atoms with Gasteiger partial charge in [0.1, 0.15) is 6.33 Å². The van der Waals surface area contributed by atoms with Crippen LogP contribution in [0.2, 0.25) is 0 Å². The Morgan fingerprint density at radius 1 is 1.00 bits per heavy atom. The minimum atomic E-state index is -0.295. The van der Waals surface area contributed by atoms with Gasteiger partial charge >= 0.3 is 0 Å². The van der Waals surface area contributed by atoms with Crippen LogP contribution in [0.1, 0.15) is 36.7 Å². The molecule has 0 saturated carbocycles. The van der Waals surface area contributed by atoms with Gasteiger partial charge in [-0.25, -0.2) is 4.68 Å². The number of aryl methyl sites for hydroxylation is 1. The number of anilines is 1. The zero-order valence-electron chi connectivity index (χ0n) is 17.5. The molecule has 0 radical (unpaired) electrons. The van der Waals surface area contributed by atoms with Crippen LogP contribution < -0.4 is 19.5 Å². The van der Waals surface area contributed by atoms with Crippen LogP contribution in [0.4, 0.5) is 5.69 Å². The zero-order valence-corrected chi connectivity index (χ0v) is 17.5. The molecule has 1 amide bonds. The molecule has 0 atom stereocenters. The summed E-state index contributed by atoms with van der Waals surface area (Å²) >= 11 is 0. The summed E-state index contributed by atoms with van der Waals surface area (Å²) in [5, 5.41) is 14.1. The number of nitrogens with zero attached hydrogens (tertiary/aromatic N) is 4. The molecule has 9 heteroatoms. The lowest BCUT2D eigenvalue weighted by molar-refractivity contribution is 0.102. The van der Waals surface area contributed by atoms with Crippen LogP contribution in [-0.2, 0) is 0 Å². The first-order chi connectivity index (χ1) is 14.6. The van der Waals surface area contributed by atoms with Gasteiger partial charge in [0.15, 0.2) is 11.5 Å². The number of amides is 1. The number of rotatable bonds is 9. The molecule has 0 aliphatic heterocycles. The molecule has 1 N–H and O–H groups in total. The van der Waals surface area contributed by atoms with Gasteiger partial charge in [-0.15, -0.1) is 5.10 Å². The average molecular weight is 411 g/mol. The summed E-state index contributed by atoms with van der Waals surface area (Å²) in [5.41, 5.74) is 2.69. The van der Waals surface area contributed by atoms with E-state index < -0.39 is 0 Å². The van der Waals surface area contributed by atoms with Crippen LogP contribution in [0, 0.1) is 6.92 Å². The Kier molecular flexibility index (Phi) is 6.84. The highest BCUT2D eigenvalue weighted by atomic mass is 16.5. The summed E-state index contributed by atoms with van der Waals surface area (Å²) < 4.78 is 18.6. The minimum absolute atomic E-state index is 0.295. The van der Waals surface area contributed by atoms with Gasteiger partial charge in [-0.3, -0.25) is 4.79 Å². The van der Waals surface area contributed by atoms with Gasteiger partial charge in [-0.1, -0.05) is 6.07 Å². The number of tetrazole rings is 1. The third-order valence-corrected chi connectivity index (χ3v) is 4.25. The minimum Gasteiger partial charge on any atom is -0.490 e. The molecule has 0 fully saturated rings. The van der Waals surface area contributed by atoms with E-state index in [2.05, 4.69) is 20.8 Å². The number of ether oxygens (including phenoxy) is 3. The van der Waals surface area contributed by atoms with Crippen molar-refractivity contribution in [3.05, 3.63) is 47.8 Å². The lowest BCUT2D eigenvalue weighted by atomic mass is 10.1. The van der Waals surface area contributed by atoms with Gasteiger partial charge in [-0.2, -0.15) is 0 Å². The third-order valence-electron chi connectivity index (χ3n) is 4.25. The molecule has 0 bridgehead atoms. The fourth-order valence-electron chi connectivity index (χ4n) is 2.88. The third kappa shape index (κ3) is 4.68. The molecular formula is C21H25N5O4. The predicted octanol–water partition coefficient (Wildman–Crippen LogP) is 3.42. The smallest absolute Gasteiger partial charge is 0.255 e. The van der Waals surface area contributed by atoms with Crippen molar-refractivity contribution in [3.63, 3.8) is 0 Å². The SMILES string of the molecule is CCOc1cc(C(=O)Nc2cc(-n3cnnn3)ccc2C)cc(OCC)c1OCC. The molecule has 0 saturated heterocycles. The van der Waals surface area contributed by atoms with Crippen LogP contribution in [0.3, 0.4) is 0 Å². The van der Waals surface area contributed by atoms with Crippen molar-refractivity contribution in [1.82, 2.24) is 20.2 Å². The van der Waals surface area contributed by atoms with E-state index in [4.69, 9.17) is 14.2 Å². The van der Waals surface area contributed by atoms with E-state index in [-0.39, 0.29) is 5.91 Å². The summed E-state index contributed by atoms with van der Waals surface area (Å²) in [5.74, 6) is 1.13. The van der Waals surface area contributed by atoms with Gasteiger partial charge in [0.2, 0.25) is 5.75 Å². The lowest BCUT2D eigenvalue weighted by Crippen LogP contribution is -2.14. The van der Waals surface area contributed by atoms with Crippen molar-refractivity contribution in [3.8, 4) is 22.9 Å². The van der Waals surface area contributed by atoms with Crippen LogP contribution in [0.15, 0.2) is 36.7 Å². The number of aromatic nitrogens is 4. The van der Waals surface area contributed by atoms with Crippen molar-refractivity contribution in [2.45, 2.75) is 27.7 Å². The standard InChI is InChI=1S/C21H25N5O4/c1-5-28-18-10-15(11-19(29-6-2)20(18)30-7-3)21(27)23-17-12-16(9-8-14(17)4)26-13-22-24-25-26/h8-13H,5-7H2,1-4H3,(H,23,27). The van der Waals surface area contributed by atoms with Gasteiger partial charge < -0.3 is 19.5 Å². The van der Waals surface area contributed by atoms with E-state index in [1.54, 1.807) is 12.1 Å². The molecule has 9 nitrogen and oxygen atoms in total. The van der Waals surface area contributed by atoms with Crippen LogP contribution in [0.25, 0.3) is 5.69 Å². The number of benzene rings is 2. The highest BCUT2D eigenvalue weighted by Crippen LogP contribution is 2.39. The van der Waals surface area contributed by atoms with Crippen molar-refractivity contribution in [2.24, 2.45) is 0 Å². The Hall–Kier alpha value is -3.62. The van der Waals surface area contributed by atoms with Crippen LogP contribution >= 0.6 is 0 Å². The topological polar surface area (TPSA) is 100 Å². The summed E-state index contributed by atoms with van der Waals surface area (Å²) in [7, 11) is 0. The first kappa shape index (κ1) is 21.1. The van der Waals surface area contributed by atoms with Gasteiger partial charge in [0, 0.05) is 11.3 Å². The molecule has 3 rings (SSSR count). The molecular weight excluding hydrogens is 386 g/mol. The highest BCUT2D eigenvalue weighted by molar-refractivity contribution is 6.05. The average Bonchev–Trinajstić information content (AvgIpc) is 3.27. The largest absolute Gasteiger partial charge is 0.490 e. The van der Waals surface area contributed by atoms with Crippen molar-refractivity contribution < 1.29 is 19.0 Å². The zero-order chi connectivity index (χ0) is 21.5. The Balaban J connectivity index is 1.94. The first-order valence-corrected chi connectivity index (χ1v) is 9.79. The normalized spacial score (nSPS) is 10.5. The molecule has 0 aliphatic carbocycles. The highest BCUT2D eigenvalue weighted by Gasteiger charge is 2.19. The Morgan fingerprint density at radius 3 is 2.23 bits per heavy atom. The molecule has 1 heterocycles. The molecule has 1 aromatic heterocycles. The number of carbonyl (C=O) groups excluding carboxylic acids is 1. The maximum atomic E-state index is 13.0. The van der Waals surface area contributed by atoms with Crippen LogP contribution in [0.5, 0.6) is 17.2 Å². The van der Waals surface area contributed by atoms with Crippen LogP contribution in [-0.4, -0.2) is 45.9 Å². The first-order valence-electron chi connectivity index (χ1n) is 9.79. The number of hydrogen-bond donors (Lipinski definition) is 1. The van der Waals surface area contributed by atoms with E-state index in [0.717, 1.165) is 11.3 Å². The summed E-state index contributed by atoms with van der Waals surface area (Å²) in [6.07, 6.45) is 1.49. The second-order valence-corrected chi connectivity index (χ2v) is 6.31. The summed E-state index contributed by atoms with van der Waals surface area (Å²) in [6.45, 7) is 8.86. The summed E-state index contributed by atoms with van der Waals surface area (Å²) in [6, 6.07) is 8.89. The second-order valence-electron chi connectivity index (χ2n) is 6.31. The van der Waals surface area contributed by atoms with E-state index in [1.807, 2.05) is 45.9 Å². The molecule has 2 aromatic carbocycles. The molecule has 0 unspecified atom stereocenters. The number of nitrogens with one attached hydrogen (secondary N) is 1. The summed E-state index contributed by atoms with van der Waals surface area (Å²) in [4.78, 5) is 13.0. The van der Waals surface area contributed by atoms with E-state index in [1.165, 1.54) is 11.0 Å². The monoisotopic (exact) mass is 411 g/mol. The predicted molar refractivity (Wildman–Crippen MR) is 112 cm³/mol. The Bertz CT molecular complexity index is 978. The van der Waals surface area contributed by atoms with Crippen molar-refractivity contribution in [2.75, 3.05) is 25.1 Å². The molecule has 158 valence electrons. The second kappa shape index (κ2) is 9.73. The molecule has 0 aliphatic rings. The van der Waals surface area contributed by atoms with Crippen molar-refractivity contribution in [1.29, 1.82) is 0 Å². The quantitative estimate of drug-likeness (QED) is 0.576. The maximum Gasteiger partial charge on any atom is 0.255 e. The van der Waals surface area contributed by atoms with Crippen molar-refractivity contribution >= 4 is 11.6 Å². The molecule has 30 heavy (non-hydrogen) atoms.